The molecule has 1 atom stereocenters. The third kappa shape index (κ3) is 1.45. The van der Waals surface area contributed by atoms with Crippen molar-refractivity contribution in [2.75, 3.05) is 5.75 Å². The molecule has 0 aromatic rings. The highest BCUT2D eigenvalue weighted by Gasteiger charge is 2.50. The Kier molecular flexibility index (Phi) is 2.27. The Balaban J connectivity index is 3.30. The summed E-state index contributed by atoms with van der Waals surface area (Å²) in [5.74, 6) is -0.864. The van der Waals surface area contributed by atoms with Crippen LogP contribution in [0.2, 0.25) is 0 Å². The second kappa shape index (κ2) is 3.01. The van der Waals surface area contributed by atoms with Gasteiger partial charge >= 0.3 is 5.37 Å². The summed E-state index contributed by atoms with van der Waals surface area (Å²) in [6.45, 7) is 1.09. The number of sulfone groups is 1. The monoisotopic (exact) mass is 222 g/mol. The molecule has 0 aromatic heterocycles. The Morgan fingerprint density at radius 3 is 2.07 bits per heavy atom. The van der Waals surface area contributed by atoms with Crippen LogP contribution in [-0.2, 0) is 9.84 Å². The first-order valence-corrected chi connectivity index (χ1v) is 5.18. The van der Waals surface area contributed by atoms with E-state index < -0.39 is 36.5 Å². The Morgan fingerprint density at radius 1 is 1.36 bits per heavy atom. The lowest BCUT2D eigenvalue weighted by Gasteiger charge is -1.99. The van der Waals surface area contributed by atoms with Crippen molar-refractivity contribution < 1.29 is 18.3 Å². The fraction of sp³-hybridized carbons (Fsp3) is 0.600. The van der Waals surface area contributed by atoms with Crippen LogP contribution in [0.5, 0.6) is 0 Å². The SMILES string of the molecule is CC1=C([N+](=O)[O-])CS(=O)(=O)C1[N+](=O)[O-]. The molecule has 0 saturated heterocycles. The zero-order chi connectivity index (χ0) is 11.1. The third-order valence-electron chi connectivity index (χ3n) is 1.92. The zero-order valence-corrected chi connectivity index (χ0v) is 7.85. The second-order valence-corrected chi connectivity index (χ2v) is 4.89. The molecule has 0 aromatic carbocycles. The topological polar surface area (TPSA) is 120 Å². The van der Waals surface area contributed by atoms with Crippen molar-refractivity contribution >= 4 is 9.84 Å². The molecular formula is C5H6N2O6S. The van der Waals surface area contributed by atoms with Gasteiger partial charge in [-0.1, -0.05) is 0 Å². The van der Waals surface area contributed by atoms with Gasteiger partial charge in [0, 0.05) is 4.92 Å². The van der Waals surface area contributed by atoms with E-state index in [1.807, 2.05) is 0 Å². The quantitative estimate of drug-likeness (QED) is 0.461. The molecule has 78 valence electrons. The van der Waals surface area contributed by atoms with E-state index >= 15 is 0 Å². The van der Waals surface area contributed by atoms with Gasteiger partial charge in [0.05, 0.1) is 10.5 Å². The Labute approximate surface area is 78.4 Å². The number of nitrogens with zero attached hydrogens (tertiary/aromatic N) is 2. The summed E-state index contributed by atoms with van der Waals surface area (Å²) in [6.07, 6.45) is 0. The lowest BCUT2D eigenvalue weighted by Crippen LogP contribution is -2.27. The summed E-state index contributed by atoms with van der Waals surface area (Å²) < 4.78 is 22.3. The maximum atomic E-state index is 11.1. The van der Waals surface area contributed by atoms with Crippen LogP contribution in [0, 0.1) is 20.2 Å². The Bertz CT molecular complexity index is 435. The van der Waals surface area contributed by atoms with E-state index in [1.54, 1.807) is 0 Å². The van der Waals surface area contributed by atoms with Gasteiger partial charge in [0.15, 0.2) is 0 Å². The van der Waals surface area contributed by atoms with Crippen molar-refractivity contribution in [1.29, 1.82) is 0 Å². The highest BCUT2D eigenvalue weighted by atomic mass is 32.2. The molecule has 0 amide bonds. The van der Waals surface area contributed by atoms with Gasteiger partial charge in [-0.3, -0.25) is 20.2 Å². The average molecular weight is 222 g/mol. The van der Waals surface area contributed by atoms with E-state index in [-0.39, 0.29) is 5.57 Å². The van der Waals surface area contributed by atoms with E-state index in [2.05, 4.69) is 0 Å². The fourth-order valence-corrected chi connectivity index (χ4v) is 3.09. The van der Waals surface area contributed by atoms with E-state index in [0.717, 1.165) is 6.92 Å². The Hall–Kier alpha value is -1.51. The molecule has 8 nitrogen and oxygen atoms in total. The van der Waals surface area contributed by atoms with Crippen LogP contribution >= 0.6 is 0 Å². The summed E-state index contributed by atoms with van der Waals surface area (Å²) in [6, 6.07) is 0. The van der Waals surface area contributed by atoms with Crippen LogP contribution in [0.25, 0.3) is 0 Å². The summed E-state index contributed by atoms with van der Waals surface area (Å²) in [5.41, 5.74) is -0.897. The van der Waals surface area contributed by atoms with E-state index in [9.17, 15) is 28.6 Å². The molecule has 0 fully saturated rings. The minimum absolute atomic E-state index is 0.306. The van der Waals surface area contributed by atoms with E-state index in [1.165, 1.54) is 0 Å². The molecule has 0 radical (unpaired) electrons. The van der Waals surface area contributed by atoms with Crippen LogP contribution in [0.15, 0.2) is 11.3 Å². The molecule has 1 aliphatic heterocycles. The van der Waals surface area contributed by atoms with Crippen LogP contribution in [-0.4, -0.2) is 29.4 Å². The predicted molar refractivity (Wildman–Crippen MR) is 44.3 cm³/mol. The fourth-order valence-electron chi connectivity index (χ4n) is 1.28. The summed E-state index contributed by atoms with van der Waals surface area (Å²) in [4.78, 5) is 18.8. The van der Waals surface area contributed by atoms with E-state index in [4.69, 9.17) is 0 Å². The van der Waals surface area contributed by atoms with Gasteiger partial charge < -0.3 is 0 Å². The molecule has 0 aliphatic carbocycles. The summed E-state index contributed by atoms with van der Waals surface area (Å²) in [7, 11) is -4.04. The molecule has 9 heteroatoms. The molecule has 1 aliphatic rings. The molecule has 0 N–H and O–H groups in total. The first kappa shape index (κ1) is 10.6. The third-order valence-corrected chi connectivity index (χ3v) is 3.80. The van der Waals surface area contributed by atoms with Crippen molar-refractivity contribution in [2.45, 2.75) is 12.3 Å². The summed E-state index contributed by atoms with van der Waals surface area (Å²) in [5, 5.41) is 18.7. The number of hydrogen-bond donors (Lipinski definition) is 0. The van der Waals surface area contributed by atoms with Crippen LogP contribution in [0.1, 0.15) is 6.92 Å². The molecule has 14 heavy (non-hydrogen) atoms. The van der Waals surface area contributed by atoms with E-state index in [0.29, 0.717) is 0 Å². The van der Waals surface area contributed by atoms with Gasteiger partial charge in [-0.15, -0.1) is 0 Å². The summed E-state index contributed by atoms with van der Waals surface area (Å²) >= 11 is 0. The van der Waals surface area contributed by atoms with Gasteiger partial charge in [-0.25, -0.2) is 8.42 Å². The van der Waals surface area contributed by atoms with Crippen molar-refractivity contribution in [2.24, 2.45) is 0 Å². The number of nitro groups is 2. The zero-order valence-electron chi connectivity index (χ0n) is 7.04. The second-order valence-electron chi connectivity index (χ2n) is 2.83. The maximum Gasteiger partial charge on any atom is 0.338 e. The largest absolute Gasteiger partial charge is 0.338 e. The van der Waals surface area contributed by atoms with Crippen molar-refractivity contribution in [3.8, 4) is 0 Å². The molecule has 1 rings (SSSR count). The van der Waals surface area contributed by atoms with Crippen LogP contribution in [0.4, 0.5) is 0 Å². The van der Waals surface area contributed by atoms with Crippen LogP contribution < -0.4 is 0 Å². The smallest absolute Gasteiger partial charge is 0.263 e. The molecular weight excluding hydrogens is 216 g/mol. The number of rotatable bonds is 2. The average Bonchev–Trinajstić information content (AvgIpc) is 2.20. The van der Waals surface area contributed by atoms with Crippen LogP contribution in [0.3, 0.4) is 0 Å². The van der Waals surface area contributed by atoms with Crippen molar-refractivity contribution in [1.82, 2.24) is 0 Å². The minimum Gasteiger partial charge on any atom is -0.263 e. The molecule has 0 spiro atoms. The Morgan fingerprint density at radius 2 is 1.86 bits per heavy atom. The van der Waals surface area contributed by atoms with Gasteiger partial charge in [0.2, 0.25) is 9.84 Å². The lowest BCUT2D eigenvalue weighted by atomic mass is 10.2. The predicted octanol–water partition coefficient (Wildman–Crippen LogP) is -0.432. The molecule has 1 heterocycles. The maximum absolute atomic E-state index is 11.1. The minimum atomic E-state index is -4.04. The normalized spacial score (nSPS) is 25.1. The van der Waals surface area contributed by atoms with Gasteiger partial charge in [-0.2, -0.15) is 0 Å². The highest BCUT2D eigenvalue weighted by Crippen LogP contribution is 2.27. The van der Waals surface area contributed by atoms with Gasteiger partial charge in [-0.05, 0) is 6.92 Å². The number of hydrogen-bond acceptors (Lipinski definition) is 6. The van der Waals surface area contributed by atoms with Gasteiger partial charge in [0.25, 0.3) is 5.70 Å². The first-order valence-electron chi connectivity index (χ1n) is 3.46. The van der Waals surface area contributed by atoms with Crippen molar-refractivity contribution in [3.63, 3.8) is 0 Å². The first-order chi connectivity index (χ1) is 6.27. The molecule has 1 unspecified atom stereocenters. The van der Waals surface area contributed by atoms with Crippen molar-refractivity contribution in [3.05, 3.63) is 31.5 Å². The molecule has 0 bridgehead atoms. The highest BCUT2D eigenvalue weighted by molar-refractivity contribution is 7.92. The van der Waals surface area contributed by atoms with Gasteiger partial charge in [0.1, 0.15) is 5.75 Å². The lowest BCUT2D eigenvalue weighted by molar-refractivity contribution is -0.489. The molecule has 0 saturated carbocycles. The standard InChI is InChI=1S/C5H6N2O6S/c1-3-4(6(8)9)2-14(12,13)5(3)7(10)11/h5H,2H2,1H3.